The van der Waals surface area contributed by atoms with Crippen LogP contribution in [0.4, 0.5) is 0 Å². The highest BCUT2D eigenvalue weighted by Crippen LogP contribution is 2.09. The molecule has 2 nitrogen and oxygen atoms in total. The van der Waals surface area contributed by atoms with Crippen molar-refractivity contribution in [3.8, 4) is 0 Å². The van der Waals surface area contributed by atoms with E-state index in [2.05, 4.69) is 18.0 Å². The van der Waals surface area contributed by atoms with E-state index in [0.717, 1.165) is 24.4 Å². The summed E-state index contributed by atoms with van der Waals surface area (Å²) in [5.41, 5.74) is 6.53. The minimum absolute atomic E-state index is 0.752. The highest BCUT2D eigenvalue weighted by molar-refractivity contribution is 5.84. The lowest BCUT2D eigenvalue weighted by molar-refractivity contribution is 1.08. The van der Waals surface area contributed by atoms with Gasteiger partial charge in [-0.25, -0.2) is 4.99 Å². The van der Waals surface area contributed by atoms with Gasteiger partial charge in [0.05, 0.1) is 0 Å². The van der Waals surface area contributed by atoms with Gasteiger partial charge in [0.25, 0.3) is 0 Å². The molecular formula is C6H10N2. The molecule has 44 valence electrons. The van der Waals surface area contributed by atoms with Crippen molar-refractivity contribution >= 4 is 5.84 Å². The van der Waals surface area contributed by atoms with Crippen molar-refractivity contribution < 1.29 is 0 Å². The zero-order valence-corrected chi connectivity index (χ0v) is 5.02. The molecule has 0 amide bonds. The van der Waals surface area contributed by atoms with E-state index in [1.165, 1.54) is 0 Å². The number of nitrogens with zero attached hydrogens (tertiary/aromatic N) is 1. The molecule has 0 bridgehead atoms. The molecule has 0 unspecified atom stereocenters. The van der Waals surface area contributed by atoms with E-state index in [0.29, 0.717) is 0 Å². The first-order valence-corrected chi connectivity index (χ1v) is 2.85. The molecule has 2 heteroatoms. The van der Waals surface area contributed by atoms with Crippen LogP contribution in [0.5, 0.6) is 0 Å². The van der Waals surface area contributed by atoms with Gasteiger partial charge in [-0.1, -0.05) is 13.0 Å². The van der Waals surface area contributed by atoms with E-state index in [-0.39, 0.29) is 0 Å². The molecule has 0 saturated heterocycles. The number of aliphatic imine (C=N–C) groups is 1. The van der Waals surface area contributed by atoms with Crippen LogP contribution in [0.15, 0.2) is 16.8 Å². The fourth-order valence-electron chi connectivity index (χ4n) is 0.722. The van der Waals surface area contributed by atoms with E-state index >= 15 is 0 Å². The second kappa shape index (κ2) is 1.99. The topological polar surface area (TPSA) is 38.4 Å². The van der Waals surface area contributed by atoms with Crippen molar-refractivity contribution in [2.75, 3.05) is 0 Å². The standard InChI is InChI=1S/C6H10N2/c1-2-5-3-4-6(7)8-5/h3H,2,4H2,1H3,(H2,7,8). The van der Waals surface area contributed by atoms with Crippen LogP contribution in [-0.4, -0.2) is 5.84 Å². The van der Waals surface area contributed by atoms with Gasteiger partial charge in [-0.05, 0) is 6.42 Å². The summed E-state index contributed by atoms with van der Waals surface area (Å²) >= 11 is 0. The summed E-state index contributed by atoms with van der Waals surface area (Å²) in [6, 6.07) is 0. The average molecular weight is 110 g/mol. The van der Waals surface area contributed by atoms with Gasteiger partial charge in [-0.15, -0.1) is 0 Å². The summed E-state index contributed by atoms with van der Waals surface area (Å²) in [5, 5.41) is 0. The van der Waals surface area contributed by atoms with Crippen molar-refractivity contribution in [2.45, 2.75) is 19.8 Å². The van der Waals surface area contributed by atoms with Crippen LogP contribution in [0.2, 0.25) is 0 Å². The molecule has 0 aliphatic carbocycles. The quantitative estimate of drug-likeness (QED) is 0.538. The maximum absolute atomic E-state index is 5.40. The van der Waals surface area contributed by atoms with Crippen molar-refractivity contribution in [1.82, 2.24) is 0 Å². The zero-order valence-electron chi connectivity index (χ0n) is 5.02. The first-order chi connectivity index (χ1) is 3.83. The molecule has 2 N–H and O–H groups in total. The van der Waals surface area contributed by atoms with Crippen molar-refractivity contribution in [3.05, 3.63) is 11.8 Å². The van der Waals surface area contributed by atoms with Crippen LogP contribution < -0.4 is 5.73 Å². The molecule has 1 heterocycles. The van der Waals surface area contributed by atoms with Crippen molar-refractivity contribution in [3.63, 3.8) is 0 Å². The molecule has 0 spiro atoms. The van der Waals surface area contributed by atoms with Gasteiger partial charge in [0.15, 0.2) is 0 Å². The lowest BCUT2D eigenvalue weighted by Gasteiger charge is -1.85. The molecule has 0 aromatic heterocycles. The smallest absolute Gasteiger partial charge is 0.103 e. The van der Waals surface area contributed by atoms with E-state index in [4.69, 9.17) is 5.73 Å². The van der Waals surface area contributed by atoms with Gasteiger partial charge in [-0.2, -0.15) is 0 Å². The third-order valence-corrected chi connectivity index (χ3v) is 1.20. The van der Waals surface area contributed by atoms with Gasteiger partial charge >= 0.3 is 0 Å². The van der Waals surface area contributed by atoms with Gasteiger partial charge < -0.3 is 5.73 Å². The Hall–Kier alpha value is -0.790. The summed E-state index contributed by atoms with van der Waals surface area (Å²) < 4.78 is 0. The largest absolute Gasteiger partial charge is 0.387 e. The third-order valence-electron chi connectivity index (χ3n) is 1.20. The Labute approximate surface area is 49.1 Å². The Kier molecular flexibility index (Phi) is 1.33. The van der Waals surface area contributed by atoms with Crippen LogP contribution >= 0.6 is 0 Å². The lowest BCUT2D eigenvalue weighted by Crippen LogP contribution is -2.06. The first kappa shape index (κ1) is 5.35. The molecule has 0 atom stereocenters. The second-order valence-electron chi connectivity index (χ2n) is 1.86. The fourth-order valence-corrected chi connectivity index (χ4v) is 0.722. The molecule has 0 aromatic carbocycles. The minimum atomic E-state index is 0.752. The third kappa shape index (κ3) is 0.886. The number of hydrogen-bond acceptors (Lipinski definition) is 2. The molecular weight excluding hydrogens is 100 g/mol. The van der Waals surface area contributed by atoms with Gasteiger partial charge in [0, 0.05) is 12.1 Å². The Bertz CT molecular complexity index is 145. The van der Waals surface area contributed by atoms with E-state index in [1.807, 2.05) is 0 Å². The summed E-state index contributed by atoms with van der Waals surface area (Å²) in [5.74, 6) is 0.752. The molecule has 0 saturated carbocycles. The van der Waals surface area contributed by atoms with Crippen LogP contribution in [0, 0.1) is 0 Å². The Morgan fingerprint density at radius 3 is 2.88 bits per heavy atom. The molecule has 1 aliphatic rings. The summed E-state index contributed by atoms with van der Waals surface area (Å²) in [4.78, 5) is 4.06. The number of amidine groups is 1. The molecule has 1 rings (SSSR count). The molecule has 0 aromatic rings. The van der Waals surface area contributed by atoms with E-state index in [1.54, 1.807) is 0 Å². The second-order valence-corrected chi connectivity index (χ2v) is 1.86. The highest BCUT2D eigenvalue weighted by atomic mass is 14.9. The molecule has 8 heavy (non-hydrogen) atoms. The molecule has 0 fully saturated rings. The van der Waals surface area contributed by atoms with E-state index < -0.39 is 0 Å². The molecule has 1 aliphatic heterocycles. The normalized spacial score (nSPS) is 18.1. The predicted octanol–water partition coefficient (Wildman–Crippen LogP) is 1.04. The SMILES string of the molecule is CCC1=CCC(N)=N1. The van der Waals surface area contributed by atoms with Gasteiger partial charge in [-0.3, -0.25) is 0 Å². The summed E-state index contributed by atoms with van der Waals surface area (Å²) in [6.45, 7) is 2.08. The fraction of sp³-hybridized carbons (Fsp3) is 0.500. The lowest BCUT2D eigenvalue weighted by atomic mass is 10.3. The van der Waals surface area contributed by atoms with Crippen LogP contribution in [0.25, 0.3) is 0 Å². The van der Waals surface area contributed by atoms with Crippen LogP contribution in [0.3, 0.4) is 0 Å². The maximum Gasteiger partial charge on any atom is 0.103 e. The van der Waals surface area contributed by atoms with Crippen LogP contribution in [-0.2, 0) is 0 Å². The average Bonchev–Trinajstić information content (AvgIpc) is 2.14. The Morgan fingerprint density at radius 1 is 1.88 bits per heavy atom. The van der Waals surface area contributed by atoms with Crippen molar-refractivity contribution in [1.29, 1.82) is 0 Å². The highest BCUT2D eigenvalue weighted by Gasteiger charge is 2.00. The number of rotatable bonds is 1. The Morgan fingerprint density at radius 2 is 2.62 bits per heavy atom. The van der Waals surface area contributed by atoms with Gasteiger partial charge in [0.1, 0.15) is 5.84 Å². The van der Waals surface area contributed by atoms with E-state index in [9.17, 15) is 0 Å². The van der Waals surface area contributed by atoms with Crippen molar-refractivity contribution in [2.24, 2.45) is 10.7 Å². The first-order valence-electron chi connectivity index (χ1n) is 2.85. The van der Waals surface area contributed by atoms with Gasteiger partial charge in [0.2, 0.25) is 0 Å². The summed E-state index contributed by atoms with van der Waals surface area (Å²) in [7, 11) is 0. The zero-order chi connectivity index (χ0) is 5.98. The molecule has 0 radical (unpaired) electrons. The number of nitrogens with two attached hydrogens (primary N) is 1. The Balaban J connectivity index is 2.58. The number of allylic oxidation sites excluding steroid dienone is 1. The minimum Gasteiger partial charge on any atom is -0.387 e. The maximum atomic E-state index is 5.40. The monoisotopic (exact) mass is 110 g/mol. The van der Waals surface area contributed by atoms with Crippen LogP contribution in [0.1, 0.15) is 19.8 Å². The summed E-state index contributed by atoms with van der Waals surface area (Å²) in [6.07, 6.45) is 3.92. The predicted molar refractivity (Wildman–Crippen MR) is 34.6 cm³/mol. The number of hydrogen-bond donors (Lipinski definition) is 1.